The Morgan fingerprint density at radius 3 is 0.881 bits per heavy atom. The highest BCUT2D eigenvalue weighted by atomic mass is 79.9. The number of rotatable bonds is 0. The minimum atomic E-state index is -0.488. The summed E-state index contributed by atoms with van der Waals surface area (Å²) in [6, 6.07) is 162. The zero-order valence-corrected chi connectivity index (χ0v) is 72.9. The average Bonchev–Trinajstić information content (AvgIpc) is 1.51. The average molecular weight is 1790 g/mol. The largest absolute Gasteiger partial charge is 0.0731 e. The van der Waals surface area contributed by atoms with Gasteiger partial charge in [-0.2, -0.15) is 0 Å². The van der Waals surface area contributed by atoms with Crippen LogP contribution in [0.3, 0.4) is 0 Å². The van der Waals surface area contributed by atoms with Crippen molar-refractivity contribution >= 4 is 134 Å². The molecule has 23 aromatic rings. The summed E-state index contributed by atoms with van der Waals surface area (Å²) in [6.45, 7) is 0. The van der Waals surface area contributed by atoms with Gasteiger partial charge in [-0.15, -0.1) is 0 Å². The number of benzene rings is 23. The summed E-state index contributed by atoms with van der Waals surface area (Å²) in [5.41, 5.74) is 38.2. The van der Waals surface area contributed by atoms with E-state index in [4.69, 9.17) is 0 Å². The van der Waals surface area contributed by atoms with E-state index < -0.39 is 16.2 Å². The molecule has 0 aliphatic heterocycles. The summed E-state index contributed by atoms with van der Waals surface area (Å²) < 4.78 is 3.28. The molecule has 0 amide bonds. The van der Waals surface area contributed by atoms with Crippen molar-refractivity contribution in [2.24, 2.45) is 0 Å². The predicted molar refractivity (Wildman–Crippen MR) is 539 cm³/mol. The Labute approximate surface area is 754 Å². The number of hydrogen-bond donors (Lipinski definition) is 0. The van der Waals surface area contributed by atoms with Crippen LogP contribution in [0, 0.1) is 0 Å². The van der Waals surface area contributed by atoms with Gasteiger partial charge in [0.15, 0.2) is 0 Å². The molecule has 6 aliphatic carbocycles. The zero-order valence-electron chi connectivity index (χ0n) is 68.1. The molecule has 23 aromatic carbocycles. The van der Waals surface area contributed by atoms with E-state index in [9.17, 15) is 0 Å². The van der Waals surface area contributed by atoms with Crippen LogP contribution >= 0.6 is 47.8 Å². The van der Waals surface area contributed by atoms with Crippen LogP contribution in [0.15, 0.2) is 444 Å². The molecule has 126 heavy (non-hydrogen) atoms. The summed E-state index contributed by atoms with van der Waals surface area (Å²) in [5, 5.41) is 21.1. The predicted octanol–water partition coefficient (Wildman–Crippen LogP) is 34.0. The molecular weight excluding hydrogens is 1720 g/mol. The molecule has 0 saturated heterocycles. The fourth-order valence-electron chi connectivity index (χ4n) is 24.6. The summed E-state index contributed by atoms with van der Waals surface area (Å²) in [7, 11) is 0. The van der Waals surface area contributed by atoms with Gasteiger partial charge in [0.1, 0.15) is 0 Å². The van der Waals surface area contributed by atoms with Crippen LogP contribution in [0.4, 0.5) is 0 Å². The zero-order chi connectivity index (χ0) is 83.0. The Balaban J connectivity index is 0.0000000983. The van der Waals surface area contributed by atoms with Crippen LogP contribution in [0.2, 0.25) is 0 Å². The molecule has 0 radical (unpaired) electrons. The van der Waals surface area contributed by atoms with E-state index in [1.165, 1.54) is 253 Å². The van der Waals surface area contributed by atoms with Crippen molar-refractivity contribution in [3.05, 3.63) is 511 Å². The van der Waals surface area contributed by atoms with E-state index >= 15 is 0 Å². The first-order valence-electron chi connectivity index (χ1n) is 43.6. The quantitative estimate of drug-likeness (QED) is 0.133. The Bertz CT molecular complexity index is 8730. The van der Waals surface area contributed by atoms with Crippen LogP contribution in [-0.2, 0) is 16.2 Å². The van der Waals surface area contributed by atoms with Gasteiger partial charge in [-0.3, -0.25) is 0 Å². The van der Waals surface area contributed by atoms with Crippen LogP contribution in [-0.4, -0.2) is 0 Å². The molecule has 3 unspecified atom stereocenters. The lowest BCUT2D eigenvalue weighted by atomic mass is 9.65. The normalized spacial score (nSPS) is 16.2. The third kappa shape index (κ3) is 9.62. The third-order valence-electron chi connectivity index (χ3n) is 29.1. The minimum Gasteiger partial charge on any atom is -0.0619 e. The Hall–Kier alpha value is -14.2. The highest BCUT2D eigenvalue weighted by Gasteiger charge is 2.55. The van der Waals surface area contributed by atoms with E-state index in [0.717, 1.165) is 13.4 Å². The second-order valence-corrected chi connectivity index (χ2v) is 37.5. The lowest BCUT2D eigenvalue weighted by Crippen LogP contribution is -2.29. The van der Waals surface area contributed by atoms with Gasteiger partial charge in [-0.25, -0.2) is 0 Å². The number of halogens is 3. The fourth-order valence-corrected chi connectivity index (χ4v) is 25.6. The molecule has 584 valence electrons. The van der Waals surface area contributed by atoms with E-state index in [-0.39, 0.29) is 0 Å². The van der Waals surface area contributed by atoms with Crippen molar-refractivity contribution in [1.29, 1.82) is 0 Å². The van der Waals surface area contributed by atoms with Crippen molar-refractivity contribution in [3.63, 3.8) is 0 Å². The van der Waals surface area contributed by atoms with Crippen molar-refractivity contribution in [2.75, 3.05) is 0 Å². The molecule has 3 atom stereocenters. The Morgan fingerprint density at radius 2 is 0.421 bits per heavy atom. The van der Waals surface area contributed by atoms with Gasteiger partial charge in [0, 0.05) is 13.4 Å². The lowest BCUT2D eigenvalue weighted by molar-refractivity contribution is 0.776. The topological polar surface area (TPSA) is 0 Å². The van der Waals surface area contributed by atoms with Gasteiger partial charge in [-0.1, -0.05) is 424 Å². The fraction of sp³-hybridized carbons (Fsp3) is 0.0244. The van der Waals surface area contributed by atoms with Gasteiger partial charge < -0.3 is 0 Å². The van der Waals surface area contributed by atoms with Gasteiger partial charge in [0.25, 0.3) is 0 Å². The molecule has 0 saturated carbocycles. The molecular formula is C123H71Br3. The van der Waals surface area contributed by atoms with E-state index in [0.29, 0.717) is 0 Å². The van der Waals surface area contributed by atoms with Crippen molar-refractivity contribution in [1.82, 2.24) is 0 Å². The van der Waals surface area contributed by atoms with Crippen LogP contribution < -0.4 is 0 Å². The maximum absolute atomic E-state index is 3.85. The monoisotopic (exact) mass is 1780 g/mol. The second-order valence-electron chi connectivity index (χ2n) is 34.8. The Morgan fingerprint density at radius 1 is 0.135 bits per heavy atom. The Kier molecular flexibility index (Phi) is 15.6. The first-order valence-corrected chi connectivity index (χ1v) is 46.0. The molecule has 0 N–H and O–H groups in total. The highest BCUT2D eigenvalue weighted by molar-refractivity contribution is 9.11. The van der Waals surface area contributed by atoms with Gasteiger partial charge in [0.05, 0.1) is 16.2 Å². The lowest BCUT2D eigenvalue weighted by Gasteiger charge is -2.36. The highest BCUT2D eigenvalue weighted by Crippen LogP contribution is 2.68. The van der Waals surface area contributed by atoms with Crippen LogP contribution in [0.1, 0.15) is 66.8 Å². The molecule has 0 fully saturated rings. The standard InChI is InChI=1S/C43H25Br.C41H23Br.C39H23Br/c44-26-21-22-41-37(23-26)32-16-6-3-13-29(32)33-17-7-9-19-39(33)43(41)40-20-10-8-18-34(40)38-24-35-30-14-4-1-11-27(30)28-12-2-5-15-31(28)36(35)25-42(38)43;42-27-19-21-36-33(23-27)29-11-2-1-10-28(29)30-12-3-5-14-34(30)41(36)35-15-6-4-13-31(35)40-32-20-18-25-9-7-8-24-16-17-26(22-37(40)41)39(32)38(24)25;40-24-21-22-36-33(23-24)28-14-2-1-11-25(28)29-15-7-9-19-34(29)39(36)35-20-10-8-18-32(35)37-30-16-5-3-12-26(30)27-13-4-6-17-31(27)38(37)39/h1-25H;1-23H;1-23H. The number of hydrogen-bond acceptors (Lipinski definition) is 0. The van der Waals surface area contributed by atoms with Gasteiger partial charge in [0.2, 0.25) is 0 Å². The molecule has 3 spiro atoms. The van der Waals surface area contributed by atoms with E-state index in [1.807, 2.05) is 0 Å². The first-order chi connectivity index (χ1) is 62.3. The molecule has 0 heterocycles. The number of fused-ring (bicyclic) bond motifs is 48. The van der Waals surface area contributed by atoms with Crippen LogP contribution in [0.5, 0.6) is 0 Å². The summed E-state index contributed by atoms with van der Waals surface area (Å²) in [4.78, 5) is 0. The molecule has 0 aromatic heterocycles. The maximum Gasteiger partial charge on any atom is 0.0731 e. The van der Waals surface area contributed by atoms with E-state index in [1.54, 1.807) is 0 Å². The maximum atomic E-state index is 3.85. The minimum absolute atomic E-state index is 0.470. The smallest absolute Gasteiger partial charge is 0.0619 e. The molecule has 0 nitrogen and oxygen atoms in total. The first kappa shape index (κ1) is 72.3. The summed E-state index contributed by atoms with van der Waals surface area (Å²) in [6.07, 6.45) is 0. The molecule has 0 bridgehead atoms. The second kappa shape index (κ2) is 27.2. The summed E-state index contributed by atoms with van der Waals surface area (Å²) >= 11 is 11.5. The van der Waals surface area contributed by atoms with Crippen molar-refractivity contribution in [3.8, 4) is 100 Å². The molecule has 3 heteroatoms. The van der Waals surface area contributed by atoms with E-state index in [2.05, 4.69) is 479 Å². The van der Waals surface area contributed by atoms with Gasteiger partial charge in [-0.05, 0) is 308 Å². The SMILES string of the molecule is Brc1ccc2c(c1)-c1ccccc1-c1ccccc1C21c2ccccc2-c2c1c1ccccc1c1ccccc21.Brc1ccc2c(c1)-c1ccccc1-c1ccccc1C21c2ccccc2-c2c1cc1ccc3cccc4ccc2c1c34.Brc1ccc2c(c1)-c1ccccc1-c1ccccc1C21c2ccccc2-c2cc3c4ccccc4c4ccccc4c3cc21. The third-order valence-corrected chi connectivity index (χ3v) is 30.6. The van der Waals surface area contributed by atoms with Crippen LogP contribution in [0.25, 0.3) is 186 Å². The van der Waals surface area contributed by atoms with Crippen molar-refractivity contribution in [2.45, 2.75) is 16.2 Å². The van der Waals surface area contributed by atoms with Gasteiger partial charge >= 0.3 is 0 Å². The van der Waals surface area contributed by atoms with Crippen molar-refractivity contribution < 1.29 is 0 Å². The molecule has 29 rings (SSSR count). The summed E-state index contributed by atoms with van der Waals surface area (Å²) in [5.74, 6) is 0. The molecule has 6 aliphatic rings.